The third-order valence-electron chi connectivity index (χ3n) is 1.26. The van der Waals surface area contributed by atoms with Crippen LogP contribution in [0, 0.1) is 0 Å². The van der Waals surface area contributed by atoms with Crippen molar-refractivity contribution in [1.29, 1.82) is 0 Å². The van der Waals surface area contributed by atoms with Gasteiger partial charge in [-0.1, -0.05) is 6.92 Å². The number of thioether (sulfide) groups is 1. The van der Waals surface area contributed by atoms with Crippen molar-refractivity contribution in [2.75, 3.05) is 12.3 Å². The van der Waals surface area contributed by atoms with Crippen LogP contribution in [0.3, 0.4) is 0 Å². The summed E-state index contributed by atoms with van der Waals surface area (Å²) >= 11 is 1.77. The van der Waals surface area contributed by atoms with Crippen LogP contribution in [0.1, 0.15) is 13.3 Å². The topological polar surface area (TPSA) is 24.7 Å². The second-order valence-electron chi connectivity index (χ2n) is 2.20. The maximum Gasteiger partial charge on any atom is 0.0794 e. The number of hydrogen-bond acceptors (Lipinski definition) is 3. The summed E-state index contributed by atoms with van der Waals surface area (Å²) in [6, 6.07) is 0.452. The van der Waals surface area contributed by atoms with Crippen molar-refractivity contribution in [3.8, 4) is 0 Å². The van der Waals surface area contributed by atoms with Gasteiger partial charge in [0.1, 0.15) is 0 Å². The molecule has 1 heterocycles. The summed E-state index contributed by atoms with van der Waals surface area (Å²) in [7, 11) is 0. The van der Waals surface area contributed by atoms with Gasteiger partial charge in [0.15, 0.2) is 0 Å². The van der Waals surface area contributed by atoms with Crippen molar-refractivity contribution in [3.05, 3.63) is 0 Å². The second-order valence-corrected chi connectivity index (χ2v) is 3.08. The summed E-state index contributed by atoms with van der Waals surface area (Å²) in [5, 5.41) is 0. The third-order valence-corrected chi connectivity index (χ3v) is 2.11. The highest BCUT2D eigenvalue weighted by Gasteiger charge is 2.08. The zero-order valence-electron chi connectivity index (χ0n) is 6.16. The number of rotatable bonds is 3. The minimum Gasteiger partial charge on any atom is -0.295 e. The molecule has 0 radical (unpaired) electrons. The molecule has 0 amide bonds. The second kappa shape index (κ2) is 4.50. The Kier molecular flexibility index (Phi) is 3.50. The van der Waals surface area contributed by atoms with Gasteiger partial charge in [0.05, 0.1) is 18.1 Å². The van der Waals surface area contributed by atoms with E-state index in [0.717, 1.165) is 18.7 Å². The van der Waals surface area contributed by atoms with E-state index in [1.807, 2.05) is 11.8 Å². The molecule has 0 aromatic rings. The van der Waals surface area contributed by atoms with E-state index in [1.165, 1.54) is 0 Å². The van der Waals surface area contributed by atoms with Gasteiger partial charge in [0, 0.05) is 5.75 Å². The molecule has 10 heavy (non-hydrogen) atoms. The largest absolute Gasteiger partial charge is 0.295 e. The Morgan fingerprint density at radius 3 is 3.40 bits per heavy atom. The van der Waals surface area contributed by atoms with Gasteiger partial charge in [-0.05, 0) is 12.6 Å². The van der Waals surface area contributed by atoms with Crippen molar-refractivity contribution in [3.63, 3.8) is 0 Å². The molecule has 1 aliphatic rings. The fourth-order valence-electron chi connectivity index (χ4n) is 0.751. The van der Waals surface area contributed by atoms with Gasteiger partial charge in [-0.15, -0.1) is 11.8 Å². The van der Waals surface area contributed by atoms with E-state index in [9.17, 15) is 0 Å². The van der Waals surface area contributed by atoms with Gasteiger partial charge in [-0.3, -0.25) is 9.98 Å². The summed E-state index contributed by atoms with van der Waals surface area (Å²) in [6.45, 7) is 2.97. The first-order chi connectivity index (χ1) is 4.93. The molecule has 1 rings (SSSR count). The summed E-state index contributed by atoms with van der Waals surface area (Å²) in [6.07, 6.45) is 2.99. The third kappa shape index (κ3) is 2.52. The average molecular weight is 156 g/mol. The van der Waals surface area contributed by atoms with E-state index in [0.29, 0.717) is 6.04 Å². The molecule has 0 aromatic heterocycles. The monoisotopic (exact) mass is 156 g/mol. The highest BCUT2D eigenvalue weighted by Crippen LogP contribution is 2.10. The zero-order valence-corrected chi connectivity index (χ0v) is 6.97. The van der Waals surface area contributed by atoms with Gasteiger partial charge in [0.2, 0.25) is 0 Å². The Labute approximate surface area is 65.8 Å². The molecule has 1 aliphatic heterocycles. The van der Waals surface area contributed by atoms with Gasteiger partial charge in [-0.25, -0.2) is 0 Å². The lowest BCUT2D eigenvalue weighted by Crippen LogP contribution is -2.07. The molecule has 0 saturated heterocycles. The Morgan fingerprint density at radius 1 is 1.90 bits per heavy atom. The van der Waals surface area contributed by atoms with Crippen LogP contribution >= 0.6 is 11.8 Å². The molecule has 0 N–H and O–H groups in total. The molecule has 0 fully saturated rings. The highest BCUT2D eigenvalue weighted by molar-refractivity contribution is 8.12. The van der Waals surface area contributed by atoms with Gasteiger partial charge >= 0.3 is 0 Å². The minimum absolute atomic E-state index is 0.452. The predicted molar refractivity (Wildman–Crippen MR) is 48.4 cm³/mol. The number of aliphatic imine (C=N–C) groups is 2. The smallest absolute Gasteiger partial charge is 0.0794 e. The first-order valence-electron chi connectivity index (χ1n) is 3.55. The first kappa shape index (κ1) is 7.79. The summed E-state index contributed by atoms with van der Waals surface area (Å²) < 4.78 is 0. The van der Waals surface area contributed by atoms with E-state index < -0.39 is 0 Å². The Hall–Kier alpha value is -0.310. The van der Waals surface area contributed by atoms with E-state index >= 15 is 0 Å². The average Bonchev–Trinajstić information content (AvgIpc) is 2.41. The summed E-state index contributed by atoms with van der Waals surface area (Å²) in [4.78, 5) is 8.45. The van der Waals surface area contributed by atoms with Gasteiger partial charge in [0.25, 0.3) is 0 Å². The lowest BCUT2D eigenvalue weighted by Gasteiger charge is -1.98. The molecule has 3 heteroatoms. The molecule has 2 nitrogen and oxygen atoms in total. The lowest BCUT2D eigenvalue weighted by molar-refractivity contribution is 0.780. The summed E-state index contributed by atoms with van der Waals surface area (Å²) in [5.41, 5.74) is 1.92. The molecule has 1 unspecified atom stereocenters. The molecule has 1 atom stereocenters. The quantitative estimate of drug-likeness (QED) is 0.570. The van der Waals surface area contributed by atoms with Gasteiger partial charge < -0.3 is 0 Å². The Bertz CT molecular complexity index is 143. The van der Waals surface area contributed by atoms with Crippen LogP contribution in [0.2, 0.25) is 0 Å². The molecule has 0 spiro atoms. The molecule has 0 aromatic carbocycles. The van der Waals surface area contributed by atoms with Crippen LogP contribution in [-0.4, -0.2) is 30.1 Å². The maximum atomic E-state index is 4.23. The fraction of sp³-hybridized carbons (Fsp3) is 0.714. The molecule has 56 valence electrons. The normalized spacial score (nSPS) is 24.7. The highest BCUT2D eigenvalue weighted by atomic mass is 32.2. The van der Waals surface area contributed by atoms with Crippen LogP contribution in [0.4, 0.5) is 0 Å². The Morgan fingerprint density at radius 2 is 2.80 bits per heavy atom. The standard InChI is InChI=1S/C7H12N2S/c1-2-3-8-4-7-5-10-6-9-7/h3,6-7H,2,4-5H2,1H3/b8-3-. The molecule has 0 saturated carbocycles. The lowest BCUT2D eigenvalue weighted by atomic mass is 10.3. The molecular formula is C7H12N2S. The van der Waals surface area contributed by atoms with Crippen molar-refractivity contribution in [2.45, 2.75) is 19.4 Å². The van der Waals surface area contributed by atoms with Crippen LogP contribution in [0.15, 0.2) is 9.98 Å². The van der Waals surface area contributed by atoms with Crippen molar-refractivity contribution >= 4 is 23.5 Å². The fourth-order valence-corrected chi connectivity index (χ4v) is 1.51. The number of nitrogens with zero attached hydrogens (tertiary/aromatic N) is 2. The number of hydrogen-bond donors (Lipinski definition) is 0. The zero-order chi connectivity index (χ0) is 7.23. The Balaban J connectivity index is 2.13. The minimum atomic E-state index is 0.452. The van der Waals surface area contributed by atoms with Crippen LogP contribution in [0.25, 0.3) is 0 Å². The molecular weight excluding hydrogens is 144 g/mol. The summed E-state index contributed by atoms with van der Waals surface area (Å²) in [5.74, 6) is 1.11. The van der Waals surface area contributed by atoms with Crippen molar-refractivity contribution in [1.82, 2.24) is 0 Å². The van der Waals surface area contributed by atoms with Crippen LogP contribution in [0.5, 0.6) is 0 Å². The molecule has 0 bridgehead atoms. The van der Waals surface area contributed by atoms with Crippen LogP contribution in [-0.2, 0) is 0 Å². The SMILES string of the molecule is CC/C=N\CC1CSC=N1. The van der Waals surface area contributed by atoms with Gasteiger partial charge in [-0.2, -0.15) is 0 Å². The predicted octanol–water partition coefficient (Wildman–Crippen LogP) is 1.61. The van der Waals surface area contributed by atoms with E-state index in [2.05, 4.69) is 16.9 Å². The van der Waals surface area contributed by atoms with Crippen molar-refractivity contribution < 1.29 is 0 Å². The van der Waals surface area contributed by atoms with Crippen molar-refractivity contribution in [2.24, 2.45) is 9.98 Å². The molecule has 0 aliphatic carbocycles. The van der Waals surface area contributed by atoms with E-state index in [1.54, 1.807) is 11.8 Å². The van der Waals surface area contributed by atoms with Crippen LogP contribution < -0.4 is 0 Å². The first-order valence-corrected chi connectivity index (χ1v) is 4.60. The maximum absolute atomic E-state index is 4.23. The van der Waals surface area contributed by atoms with E-state index in [-0.39, 0.29) is 0 Å². The van der Waals surface area contributed by atoms with E-state index in [4.69, 9.17) is 0 Å².